The number of carbonyl (C=O) groups excluding carboxylic acids is 1. The lowest BCUT2D eigenvalue weighted by Gasteiger charge is -2.40. The van der Waals surface area contributed by atoms with Gasteiger partial charge < -0.3 is 14.7 Å². The van der Waals surface area contributed by atoms with Gasteiger partial charge in [-0.1, -0.05) is 13.8 Å². The molecule has 1 N–H and O–H groups in total. The summed E-state index contributed by atoms with van der Waals surface area (Å²) < 4.78 is 5.49. The zero-order chi connectivity index (χ0) is 13.1. The van der Waals surface area contributed by atoms with E-state index in [0.717, 1.165) is 0 Å². The van der Waals surface area contributed by atoms with Crippen molar-refractivity contribution >= 4 is 11.9 Å². The van der Waals surface area contributed by atoms with Crippen molar-refractivity contribution in [2.45, 2.75) is 39.2 Å². The van der Waals surface area contributed by atoms with Gasteiger partial charge in [0.15, 0.2) is 0 Å². The topological polar surface area (TPSA) is 66.8 Å². The summed E-state index contributed by atoms with van der Waals surface area (Å²) >= 11 is 0. The van der Waals surface area contributed by atoms with E-state index in [1.807, 2.05) is 6.92 Å². The summed E-state index contributed by atoms with van der Waals surface area (Å²) in [4.78, 5) is 24.0. The molecule has 0 aromatic carbocycles. The van der Waals surface area contributed by atoms with Gasteiger partial charge in [0.2, 0.25) is 5.91 Å². The molecule has 1 unspecified atom stereocenters. The van der Waals surface area contributed by atoms with Crippen LogP contribution in [0, 0.1) is 5.92 Å². The van der Waals surface area contributed by atoms with E-state index < -0.39 is 11.6 Å². The second kappa shape index (κ2) is 5.49. The Morgan fingerprint density at radius 2 is 2.24 bits per heavy atom. The summed E-state index contributed by atoms with van der Waals surface area (Å²) in [6.45, 7) is 7.22. The Bertz CT molecular complexity index is 303. The Morgan fingerprint density at radius 1 is 1.59 bits per heavy atom. The maximum Gasteiger partial charge on any atom is 0.303 e. The van der Waals surface area contributed by atoms with Gasteiger partial charge in [0.25, 0.3) is 0 Å². The van der Waals surface area contributed by atoms with Crippen molar-refractivity contribution in [3.8, 4) is 0 Å². The first-order valence-electron chi connectivity index (χ1n) is 5.96. The molecule has 0 aromatic heterocycles. The number of hydrogen-bond acceptors (Lipinski definition) is 3. The van der Waals surface area contributed by atoms with Crippen LogP contribution in [0.3, 0.4) is 0 Å². The molecule has 1 amide bonds. The average molecular weight is 243 g/mol. The van der Waals surface area contributed by atoms with Crippen LogP contribution in [0.5, 0.6) is 0 Å². The monoisotopic (exact) mass is 243 g/mol. The summed E-state index contributed by atoms with van der Waals surface area (Å²) in [6, 6.07) is 0. The van der Waals surface area contributed by atoms with Crippen molar-refractivity contribution in [3.05, 3.63) is 0 Å². The van der Waals surface area contributed by atoms with E-state index in [-0.39, 0.29) is 18.9 Å². The van der Waals surface area contributed by atoms with Gasteiger partial charge in [-0.25, -0.2) is 0 Å². The van der Waals surface area contributed by atoms with Gasteiger partial charge in [0.1, 0.15) is 6.61 Å². The molecule has 1 atom stereocenters. The molecule has 5 heteroatoms. The summed E-state index contributed by atoms with van der Waals surface area (Å²) in [5.41, 5.74) is -0.527. The van der Waals surface area contributed by atoms with E-state index in [9.17, 15) is 9.59 Å². The second-order valence-electron chi connectivity index (χ2n) is 5.30. The molecule has 1 fully saturated rings. The van der Waals surface area contributed by atoms with E-state index in [2.05, 4.69) is 13.8 Å². The lowest BCUT2D eigenvalue weighted by molar-refractivity contribution is -0.164. The molecular weight excluding hydrogens is 222 g/mol. The second-order valence-corrected chi connectivity index (χ2v) is 5.30. The molecular formula is C12H21NO4. The Morgan fingerprint density at radius 3 is 2.76 bits per heavy atom. The predicted octanol–water partition coefficient (Wildman–Crippen LogP) is 1.12. The van der Waals surface area contributed by atoms with Crippen LogP contribution in [-0.2, 0) is 14.3 Å². The standard InChI is InChI=1S/C12H21NO4/c1-9(2)6-13-8-12(3,5-4-11(15)16)17-7-10(13)14/h9H,4-8H2,1-3H3,(H,15,16). The first kappa shape index (κ1) is 14.0. The highest BCUT2D eigenvalue weighted by molar-refractivity contribution is 5.78. The third-order valence-corrected chi connectivity index (χ3v) is 2.88. The third-order valence-electron chi connectivity index (χ3n) is 2.88. The number of carboxylic acid groups (broad SMARTS) is 1. The summed E-state index contributed by atoms with van der Waals surface area (Å²) in [5, 5.41) is 8.69. The van der Waals surface area contributed by atoms with Gasteiger partial charge in [-0.2, -0.15) is 0 Å². The van der Waals surface area contributed by atoms with Crippen molar-refractivity contribution in [2.75, 3.05) is 19.7 Å². The first-order valence-corrected chi connectivity index (χ1v) is 5.96. The first-order chi connectivity index (χ1) is 7.82. The zero-order valence-corrected chi connectivity index (χ0v) is 10.7. The number of ether oxygens (including phenoxy) is 1. The molecule has 17 heavy (non-hydrogen) atoms. The molecule has 1 aliphatic heterocycles. The Balaban J connectivity index is 2.58. The molecule has 0 saturated carbocycles. The van der Waals surface area contributed by atoms with Crippen LogP contribution in [0.1, 0.15) is 33.6 Å². The van der Waals surface area contributed by atoms with Crippen LogP contribution in [0.15, 0.2) is 0 Å². The summed E-state index contributed by atoms with van der Waals surface area (Å²) in [6.07, 6.45) is 0.504. The average Bonchev–Trinajstić information content (AvgIpc) is 2.21. The van der Waals surface area contributed by atoms with Crippen LogP contribution in [0.2, 0.25) is 0 Å². The quantitative estimate of drug-likeness (QED) is 0.786. The molecule has 0 spiro atoms. The zero-order valence-electron chi connectivity index (χ0n) is 10.7. The number of rotatable bonds is 5. The Labute approximate surface area is 102 Å². The SMILES string of the molecule is CC(C)CN1CC(C)(CCC(=O)O)OCC1=O. The summed E-state index contributed by atoms with van der Waals surface area (Å²) in [7, 11) is 0. The minimum absolute atomic E-state index is 0.00787. The third kappa shape index (κ3) is 4.34. The fourth-order valence-electron chi connectivity index (χ4n) is 1.99. The van der Waals surface area contributed by atoms with E-state index in [1.54, 1.807) is 4.90 Å². The molecule has 0 aromatic rings. The van der Waals surface area contributed by atoms with Gasteiger partial charge in [-0.05, 0) is 19.3 Å². The van der Waals surface area contributed by atoms with Gasteiger partial charge >= 0.3 is 5.97 Å². The molecule has 0 aliphatic carbocycles. The largest absolute Gasteiger partial charge is 0.481 e. The van der Waals surface area contributed by atoms with Gasteiger partial charge in [-0.3, -0.25) is 9.59 Å². The molecule has 1 rings (SSSR count). The maximum atomic E-state index is 11.6. The molecule has 0 radical (unpaired) electrons. The van der Waals surface area contributed by atoms with E-state index in [4.69, 9.17) is 9.84 Å². The molecule has 5 nitrogen and oxygen atoms in total. The molecule has 1 saturated heterocycles. The van der Waals surface area contributed by atoms with Crippen LogP contribution >= 0.6 is 0 Å². The maximum absolute atomic E-state index is 11.6. The smallest absolute Gasteiger partial charge is 0.303 e. The van der Waals surface area contributed by atoms with Crippen molar-refractivity contribution < 1.29 is 19.4 Å². The van der Waals surface area contributed by atoms with Crippen LogP contribution in [-0.4, -0.2) is 47.2 Å². The fourth-order valence-corrected chi connectivity index (χ4v) is 1.99. The number of aliphatic carboxylic acids is 1. The molecule has 1 heterocycles. The van der Waals surface area contributed by atoms with Crippen LogP contribution < -0.4 is 0 Å². The molecule has 98 valence electrons. The van der Waals surface area contributed by atoms with E-state index in [0.29, 0.717) is 25.4 Å². The van der Waals surface area contributed by atoms with E-state index in [1.165, 1.54) is 0 Å². The lowest BCUT2D eigenvalue weighted by Crippen LogP contribution is -2.54. The normalized spacial score (nSPS) is 25.4. The number of carbonyl (C=O) groups is 2. The number of morpholine rings is 1. The number of nitrogens with zero attached hydrogens (tertiary/aromatic N) is 1. The highest BCUT2D eigenvalue weighted by Gasteiger charge is 2.36. The number of amides is 1. The molecule has 0 bridgehead atoms. The molecule has 1 aliphatic rings. The van der Waals surface area contributed by atoms with Crippen LogP contribution in [0.4, 0.5) is 0 Å². The number of carboxylic acids is 1. The highest BCUT2D eigenvalue weighted by Crippen LogP contribution is 2.24. The highest BCUT2D eigenvalue weighted by atomic mass is 16.5. The minimum Gasteiger partial charge on any atom is -0.481 e. The lowest BCUT2D eigenvalue weighted by atomic mass is 9.97. The van der Waals surface area contributed by atoms with Crippen molar-refractivity contribution in [1.82, 2.24) is 4.90 Å². The predicted molar refractivity (Wildman–Crippen MR) is 62.6 cm³/mol. The summed E-state index contributed by atoms with van der Waals surface area (Å²) in [5.74, 6) is -0.436. The van der Waals surface area contributed by atoms with E-state index >= 15 is 0 Å². The van der Waals surface area contributed by atoms with Gasteiger partial charge in [0.05, 0.1) is 5.60 Å². The van der Waals surface area contributed by atoms with Crippen molar-refractivity contribution in [2.24, 2.45) is 5.92 Å². The van der Waals surface area contributed by atoms with Crippen molar-refractivity contribution in [1.29, 1.82) is 0 Å². The number of hydrogen-bond donors (Lipinski definition) is 1. The fraction of sp³-hybridized carbons (Fsp3) is 0.833. The minimum atomic E-state index is -0.831. The van der Waals surface area contributed by atoms with Gasteiger partial charge in [-0.15, -0.1) is 0 Å². The van der Waals surface area contributed by atoms with Crippen molar-refractivity contribution in [3.63, 3.8) is 0 Å². The van der Waals surface area contributed by atoms with Crippen LogP contribution in [0.25, 0.3) is 0 Å². The Hall–Kier alpha value is -1.10. The Kier molecular flexibility index (Phi) is 4.51. The van der Waals surface area contributed by atoms with Gasteiger partial charge in [0, 0.05) is 19.5 Å².